The summed E-state index contributed by atoms with van der Waals surface area (Å²) in [6.45, 7) is 4.49. The maximum Gasteiger partial charge on any atom is 0.248 e. The van der Waals surface area contributed by atoms with Gasteiger partial charge in [0.2, 0.25) is 17.7 Å². The SMILES string of the molecule is CC(C)NCCC(=O)Nc1cc(C(N)=O)cc(C(N)=O)c1. The molecule has 0 fully saturated rings. The normalized spacial score (nSPS) is 10.4. The molecule has 3 amide bonds. The molecule has 0 aliphatic heterocycles. The third kappa shape index (κ3) is 5.62. The van der Waals surface area contributed by atoms with E-state index in [-0.39, 0.29) is 29.5 Å². The van der Waals surface area contributed by atoms with Crippen molar-refractivity contribution in [1.29, 1.82) is 0 Å². The first-order chi connectivity index (χ1) is 9.79. The van der Waals surface area contributed by atoms with Crippen LogP contribution in [0.1, 0.15) is 41.0 Å². The predicted molar refractivity (Wildman–Crippen MR) is 79.9 cm³/mol. The molecule has 1 aromatic carbocycles. The van der Waals surface area contributed by atoms with Gasteiger partial charge in [-0.15, -0.1) is 0 Å². The summed E-state index contributed by atoms with van der Waals surface area (Å²) in [7, 11) is 0. The van der Waals surface area contributed by atoms with E-state index in [0.717, 1.165) is 0 Å². The smallest absolute Gasteiger partial charge is 0.248 e. The molecule has 0 saturated carbocycles. The van der Waals surface area contributed by atoms with Crippen molar-refractivity contribution in [3.63, 3.8) is 0 Å². The Bertz CT molecular complexity index is 523. The zero-order valence-corrected chi connectivity index (χ0v) is 12.1. The lowest BCUT2D eigenvalue weighted by Gasteiger charge is -2.10. The fraction of sp³-hybridized carbons (Fsp3) is 0.357. The molecular formula is C14H20N4O3. The lowest BCUT2D eigenvalue weighted by atomic mass is 10.1. The standard InChI is InChI=1S/C14H20N4O3/c1-8(2)17-4-3-12(19)18-11-6-9(13(15)20)5-10(7-11)14(16)21/h5-8,17H,3-4H2,1-2H3,(H2,15,20)(H2,16,21)(H,18,19). The quantitative estimate of drug-likeness (QED) is 0.572. The summed E-state index contributed by atoms with van der Waals surface area (Å²) >= 11 is 0. The summed E-state index contributed by atoms with van der Waals surface area (Å²) in [6, 6.07) is 4.39. The number of hydrogen-bond acceptors (Lipinski definition) is 4. The van der Waals surface area contributed by atoms with E-state index in [9.17, 15) is 14.4 Å². The summed E-state index contributed by atoms with van der Waals surface area (Å²) in [5, 5.41) is 5.72. The van der Waals surface area contributed by atoms with Crippen LogP contribution >= 0.6 is 0 Å². The van der Waals surface area contributed by atoms with E-state index in [0.29, 0.717) is 12.2 Å². The number of primary amides is 2. The maximum atomic E-state index is 11.8. The van der Waals surface area contributed by atoms with Gasteiger partial charge in [-0.25, -0.2) is 0 Å². The molecule has 0 atom stereocenters. The minimum Gasteiger partial charge on any atom is -0.366 e. The van der Waals surface area contributed by atoms with E-state index < -0.39 is 11.8 Å². The van der Waals surface area contributed by atoms with Crippen molar-refractivity contribution < 1.29 is 14.4 Å². The Hall–Kier alpha value is -2.41. The van der Waals surface area contributed by atoms with Crippen LogP contribution in [0.5, 0.6) is 0 Å². The van der Waals surface area contributed by atoms with Gasteiger partial charge in [0.25, 0.3) is 0 Å². The lowest BCUT2D eigenvalue weighted by Crippen LogP contribution is -2.27. The number of carbonyl (C=O) groups excluding carboxylic acids is 3. The van der Waals surface area contributed by atoms with Gasteiger partial charge in [0, 0.05) is 35.8 Å². The second-order valence-corrected chi connectivity index (χ2v) is 4.93. The Morgan fingerprint density at radius 3 is 2.00 bits per heavy atom. The van der Waals surface area contributed by atoms with Crippen molar-refractivity contribution >= 4 is 23.4 Å². The van der Waals surface area contributed by atoms with Gasteiger partial charge < -0.3 is 22.1 Å². The van der Waals surface area contributed by atoms with Crippen LogP contribution in [0.3, 0.4) is 0 Å². The third-order valence-electron chi connectivity index (χ3n) is 2.69. The van der Waals surface area contributed by atoms with Crippen molar-refractivity contribution in [2.75, 3.05) is 11.9 Å². The van der Waals surface area contributed by atoms with E-state index in [1.165, 1.54) is 18.2 Å². The van der Waals surface area contributed by atoms with Gasteiger partial charge in [-0.05, 0) is 18.2 Å². The van der Waals surface area contributed by atoms with Crippen LogP contribution in [0.2, 0.25) is 0 Å². The number of nitrogens with one attached hydrogen (secondary N) is 2. The van der Waals surface area contributed by atoms with E-state index in [4.69, 9.17) is 11.5 Å². The summed E-state index contributed by atoms with van der Waals surface area (Å²) in [5.74, 6) is -1.63. The lowest BCUT2D eigenvalue weighted by molar-refractivity contribution is -0.116. The molecular weight excluding hydrogens is 272 g/mol. The molecule has 1 rings (SSSR count). The highest BCUT2D eigenvalue weighted by Gasteiger charge is 2.11. The average Bonchev–Trinajstić information content (AvgIpc) is 2.37. The molecule has 0 unspecified atom stereocenters. The highest BCUT2D eigenvalue weighted by molar-refractivity contribution is 6.01. The molecule has 21 heavy (non-hydrogen) atoms. The van der Waals surface area contributed by atoms with Gasteiger partial charge in [0.05, 0.1) is 0 Å². The van der Waals surface area contributed by atoms with Gasteiger partial charge in [-0.2, -0.15) is 0 Å². The number of nitrogens with two attached hydrogens (primary N) is 2. The van der Waals surface area contributed by atoms with Crippen molar-refractivity contribution in [2.45, 2.75) is 26.3 Å². The van der Waals surface area contributed by atoms with Crippen molar-refractivity contribution in [3.05, 3.63) is 29.3 Å². The number of carbonyl (C=O) groups is 3. The van der Waals surface area contributed by atoms with Crippen molar-refractivity contribution in [1.82, 2.24) is 5.32 Å². The predicted octanol–water partition coefficient (Wildman–Crippen LogP) is 0.211. The van der Waals surface area contributed by atoms with Crippen molar-refractivity contribution in [2.24, 2.45) is 11.5 Å². The summed E-state index contributed by atoms with van der Waals surface area (Å²) < 4.78 is 0. The number of benzene rings is 1. The van der Waals surface area contributed by atoms with Crippen LogP contribution < -0.4 is 22.1 Å². The van der Waals surface area contributed by atoms with Gasteiger partial charge >= 0.3 is 0 Å². The molecule has 1 aromatic rings. The first-order valence-corrected chi connectivity index (χ1v) is 6.57. The fourth-order valence-corrected chi connectivity index (χ4v) is 1.68. The number of anilines is 1. The van der Waals surface area contributed by atoms with E-state index >= 15 is 0 Å². The molecule has 0 aliphatic rings. The van der Waals surface area contributed by atoms with Crippen LogP contribution in [-0.4, -0.2) is 30.3 Å². The highest BCUT2D eigenvalue weighted by Crippen LogP contribution is 2.15. The highest BCUT2D eigenvalue weighted by atomic mass is 16.2. The molecule has 114 valence electrons. The third-order valence-corrected chi connectivity index (χ3v) is 2.69. The minimum atomic E-state index is -0.699. The van der Waals surface area contributed by atoms with E-state index in [1.807, 2.05) is 13.8 Å². The molecule has 0 radical (unpaired) electrons. The van der Waals surface area contributed by atoms with Crippen LogP contribution in [0.25, 0.3) is 0 Å². The average molecular weight is 292 g/mol. The van der Waals surface area contributed by atoms with Crippen LogP contribution in [-0.2, 0) is 4.79 Å². The van der Waals surface area contributed by atoms with E-state index in [1.54, 1.807) is 0 Å². The van der Waals surface area contributed by atoms with Gasteiger partial charge in [-0.1, -0.05) is 13.8 Å². The Kier molecular flexibility index (Phi) is 5.86. The Morgan fingerprint density at radius 1 is 1.05 bits per heavy atom. The number of rotatable bonds is 7. The second-order valence-electron chi connectivity index (χ2n) is 4.93. The fourth-order valence-electron chi connectivity index (χ4n) is 1.68. The van der Waals surface area contributed by atoms with Crippen LogP contribution in [0.4, 0.5) is 5.69 Å². The van der Waals surface area contributed by atoms with Crippen LogP contribution in [0.15, 0.2) is 18.2 Å². The minimum absolute atomic E-state index is 0.113. The molecule has 0 saturated heterocycles. The number of amides is 3. The Labute approximate surface area is 123 Å². The zero-order valence-electron chi connectivity index (χ0n) is 12.1. The molecule has 6 N–H and O–H groups in total. The van der Waals surface area contributed by atoms with Crippen molar-refractivity contribution in [3.8, 4) is 0 Å². The molecule has 0 aromatic heterocycles. The molecule has 7 heteroatoms. The van der Waals surface area contributed by atoms with Gasteiger partial charge in [0.15, 0.2) is 0 Å². The van der Waals surface area contributed by atoms with Gasteiger partial charge in [-0.3, -0.25) is 14.4 Å². The monoisotopic (exact) mass is 292 g/mol. The summed E-state index contributed by atoms with van der Waals surface area (Å²) in [4.78, 5) is 34.2. The Morgan fingerprint density at radius 2 is 1.57 bits per heavy atom. The van der Waals surface area contributed by atoms with Crippen LogP contribution in [0, 0.1) is 0 Å². The zero-order chi connectivity index (χ0) is 16.0. The first kappa shape index (κ1) is 16.6. The maximum absolute atomic E-state index is 11.8. The molecule has 0 spiro atoms. The largest absolute Gasteiger partial charge is 0.366 e. The topological polar surface area (TPSA) is 127 Å². The first-order valence-electron chi connectivity index (χ1n) is 6.57. The molecule has 7 nitrogen and oxygen atoms in total. The van der Waals surface area contributed by atoms with Gasteiger partial charge in [0.1, 0.15) is 0 Å². The molecule has 0 heterocycles. The second kappa shape index (κ2) is 7.39. The number of hydrogen-bond donors (Lipinski definition) is 4. The summed E-state index contributed by atoms with van der Waals surface area (Å²) in [6.07, 6.45) is 0.269. The van der Waals surface area contributed by atoms with E-state index in [2.05, 4.69) is 10.6 Å². The Balaban J connectivity index is 2.80. The molecule has 0 aliphatic carbocycles. The molecule has 0 bridgehead atoms. The summed E-state index contributed by atoms with van der Waals surface area (Å²) in [5.41, 5.74) is 10.9.